The highest BCUT2D eigenvalue weighted by Crippen LogP contribution is 2.14. The van der Waals surface area contributed by atoms with Crippen molar-refractivity contribution < 1.29 is 27.9 Å². The number of carbonyl (C=O) groups is 2. The van der Waals surface area contributed by atoms with Crippen LogP contribution in [0.15, 0.2) is 35.8 Å². The molecule has 0 unspecified atom stereocenters. The van der Waals surface area contributed by atoms with Crippen LogP contribution in [-0.2, 0) is 4.79 Å². The second-order valence-corrected chi connectivity index (χ2v) is 5.65. The monoisotopic (exact) mass is 392 g/mol. The molecule has 25 heavy (non-hydrogen) atoms. The number of carbonyl (C=O) groups excluding carboxylic acids is 1. The molecule has 2 N–H and O–H groups in total. The van der Waals surface area contributed by atoms with Crippen molar-refractivity contribution in [2.45, 2.75) is 6.18 Å². The normalized spacial score (nSPS) is 10.9. The van der Waals surface area contributed by atoms with E-state index in [0.717, 1.165) is 0 Å². The molecular weight excluding hydrogens is 385 g/mol. The average molecular weight is 393 g/mol. The molecule has 12 heteroatoms. The van der Waals surface area contributed by atoms with Gasteiger partial charge < -0.3 is 10.4 Å². The van der Waals surface area contributed by atoms with E-state index in [2.05, 4.69) is 15.4 Å². The summed E-state index contributed by atoms with van der Waals surface area (Å²) < 4.78 is 33.3. The van der Waals surface area contributed by atoms with Gasteiger partial charge in [-0.1, -0.05) is 17.7 Å². The SMILES string of the molecule is O=C(Nc1cn2nc(Cl)ccc2n1)c1cccs1.O=C(O)C(F)(F)F. The van der Waals surface area contributed by atoms with E-state index in [1.165, 1.54) is 15.9 Å². The molecule has 3 heterocycles. The first-order valence-electron chi connectivity index (χ1n) is 6.33. The Kier molecular flexibility index (Phi) is 5.59. The number of nitrogens with zero attached hydrogens (tertiary/aromatic N) is 3. The molecule has 3 aromatic heterocycles. The minimum absolute atomic E-state index is 0.181. The lowest BCUT2D eigenvalue weighted by Crippen LogP contribution is -2.21. The lowest BCUT2D eigenvalue weighted by atomic mass is 10.4. The standard InChI is InChI=1S/C11H7ClN4OS.C2HF3O2/c12-8-3-4-10-13-9(6-16(10)15-8)14-11(17)7-2-1-5-18-7;3-2(4,5)1(6)7/h1-6H,(H,14,17);(H,6,7). The summed E-state index contributed by atoms with van der Waals surface area (Å²) in [5.41, 5.74) is 0.626. The molecular formula is C13H8ClF3N4O3S. The smallest absolute Gasteiger partial charge is 0.475 e. The summed E-state index contributed by atoms with van der Waals surface area (Å²) in [6, 6.07) is 6.96. The summed E-state index contributed by atoms with van der Waals surface area (Å²) in [4.78, 5) is 25.6. The van der Waals surface area contributed by atoms with Gasteiger partial charge in [0.2, 0.25) is 0 Å². The van der Waals surface area contributed by atoms with Crippen LogP contribution in [0.25, 0.3) is 5.65 Å². The van der Waals surface area contributed by atoms with Gasteiger partial charge in [0.1, 0.15) is 5.15 Å². The van der Waals surface area contributed by atoms with Crippen molar-refractivity contribution in [1.29, 1.82) is 0 Å². The number of hydrogen-bond acceptors (Lipinski definition) is 5. The second-order valence-electron chi connectivity index (χ2n) is 4.32. The fourth-order valence-corrected chi connectivity index (χ4v) is 2.27. The average Bonchev–Trinajstić information content (AvgIpc) is 3.15. The second kappa shape index (κ2) is 7.49. The van der Waals surface area contributed by atoms with Crippen LogP contribution in [0.2, 0.25) is 5.15 Å². The number of halogens is 4. The number of alkyl halides is 3. The molecule has 7 nitrogen and oxygen atoms in total. The van der Waals surface area contributed by atoms with Gasteiger partial charge in [0.05, 0.1) is 11.1 Å². The molecule has 3 aromatic rings. The molecule has 0 fully saturated rings. The van der Waals surface area contributed by atoms with Crippen LogP contribution in [0.1, 0.15) is 9.67 Å². The number of fused-ring (bicyclic) bond motifs is 1. The van der Waals surface area contributed by atoms with Crippen molar-refractivity contribution >= 4 is 46.3 Å². The first kappa shape index (κ1) is 18.7. The Morgan fingerprint density at radius 3 is 2.52 bits per heavy atom. The largest absolute Gasteiger partial charge is 0.490 e. The number of thiophene rings is 1. The van der Waals surface area contributed by atoms with Gasteiger partial charge in [-0.25, -0.2) is 14.3 Å². The lowest BCUT2D eigenvalue weighted by molar-refractivity contribution is -0.192. The highest BCUT2D eigenvalue weighted by molar-refractivity contribution is 7.12. The van der Waals surface area contributed by atoms with Crippen LogP contribution >= 0.6 is 22.9 Å². The number of carboxylic acid groups (broad SMARTS) is 1. The molecule has 0 atom stereocenters. The quantitative estimate of drug-likeness (QED) is 0.697. The van der Waals surface area contributed by atoms with E-state index in [4.69, 9.17) is 21.5 Å². The summed E-state index contributed by atoms with van der Waals surface area (Å²) in [5, 5.41) is 16.1. The highest BCUT2D eigenvalue weighted by Gasteiger charge is 2.38. The number of hydrogen-bond donors (Lipinski definition) is 2. The van der Waals surface area contributed by atoms with E-state index >= 15 is 0 Å². The molecule has 1 amide bonds. The van der Waals surface area contributed by atoms with Crippen molar-refractivity contribution in [2.75, 3.05) is 5.32 Å². The Morgan fingerprint density at radius 2 is 1.96 bits per heavy atom. The van der Waals surface area contributed by atoms with Crippen molar-refractivity contribution in [2.24, 2.45) is 0 Å². The Morgan fingerprint density at radius 1 is 1.28 bits per heavy atom. The van der Waals surface area contributed by atoms with Gasteiger partial charge in [-0.3, -0.25) is 4.79 Å². The van der Waals surface area contributed by atoms with Crippen LogP contribution in [0, 0.1) is 0 Å². The van der Waals surface area contributed by atoms with Crippen molar-refractivity contribution in [1.82, 2.24) is 14.6 Å². The Bertz CT molecular complexity index is 896. The molecule has 0 aliphatic heterocycles. The van der Waals surface area contributed by atoms with Gasteiger partial charge in [0.15, 0.2) is 11.5 Å². The minimum Gasteiger partial charge on any atom is -0.475 e. The molecule has 3 rings (SSSR count). The van der Waals surface area contributed by atoms with E-state index < -0.39 is 12.1 Å². The van der Waals surface area contributed by atoms with E-state index in [9.17, 15) is 18.0 Å². The Labute approximate surface area is 146 Å². The van der Waals surface area contributed by atoms with Crippen molar-refractivity contribution in [3.63, 3.8) is 0 Å². The van der Waals surface area contributed by atoms with Crippen molar-refractivity contribution in [3.8, 4) is 0 Å². The molecule has 0 bridgehead atoms. The third-order valence-electron chi connectivity index (χ3n) is 2.52. The van der Waals surface area contributed by atoms with E-state index in [1.807, 2.05) is 11.4 Å². The number of carboxylic acids is 1. The fourth-order valence-electron chi connectivity index (χ4n) is 1.50. The Balaban J connectivity index is 0.000000277. The van der Waals surface area contributed by atoms with Crippen LogP contribution in [-0.4, -0.2) is 37.8 Å². The molecule has 0 spiro atoms. The summed E-state index contributed by atoms with van der Waals surface area (Å²) in [6.45, 7) is 0. The van der Waals surface area contributed by atoms with Crippen LogP contribution in [0.4, 0.5) is 19.0 Å². The summed E-state index contributed by atoms with van der Waals surface area (Å²) >= 11 is 7.15. The van der Waals surface area contributed by atoms with Gasteiger partial charge in [-0.15, -0.1) is 11.3 Å². The molecule has 0 aliphatic rings. The zero-order valence-corrected chi connectivity index (χ0v) is 13.6. The number of aromatic nitrogens is 3. The van der Waals surface area contributed by atoms with Gasteiger partial charge in [-0.05, 0) is 23.6 Å². The van der Waals surface area contributed by atoms with Crippen LogP contribution < -0.4 is 5.32 Å². The number of anilines is 1. The summed E-state index contributed by atoms with van der Waals surface area (Å²) in [5.74, 6) is -2.49. The first-order chi connectivity index (χ1) is 11.7. The fraction of sp³-hybridized carbons (Fsp3) is 0.0769. The number of nitrogens with one attached hydrogen (secondary N) is 1. The lowest BCUT2D eigenvalue weighted by Gasteiger charge is -1.96. The zero-order chi connectivity index (χ0) is 18.6. The molecule has 0 saturated carbocycles. The third kappa shape index (κ3) is 5.16. The van der Waals surface area contributed by atoms with Crippen molar-refractivity contribution in [3.05, 3.63) is 45.9 Å². The van der Waals surface area contributed by atoms with Gasteiger partial charge in [0, 0.05) is 0 Å². The predicted molar refractivity (Wildman–Crippen MR) is 84.0 cm³/mol. The number of rotatable bonds is 2. The van der Waals surface area contributed by atoms with E-state index in [0.29, 0.717) is 21.5 Å². The zero-order valence-electron chi connectivity index (χ0n) is 12.0. The van der Waals surface area contributed by atoms with Gasteiger partial charge >= 0.3 is 12.1 Å². The topological polar surface area (TPSA) is 96.6 Å². The maximum atomic E-state index is 11.8. The maximum Gasteiger partial charge on any atom is 0.490 e. The van der Waals surface area contributed by atoms with Crippen LogP contribution in [0.5, 0.6) is 0 Å². The highest BCUT2D eigenvalue weighted by atomic mass is 35.5. The summed E-state index contributed by atoms with van der Waals surface area (Å²) in [6.07, 6.45) is -3.47. The first-order valence-corrected chi connectivity index (χ1v) is 7.59. The molecule has 132 valence electrons. The van der Waals surface area contributed by atoms with Crippen LogP contribution in [0.3, 0.4) is 0 Å². The minimum atomic E-state index is -5.08. The molecule has 0 aromatic carbocycles. The predicted octanol–water partition coefficient (Wildman–Crippen LogP) is 3.33. The van der Waals surface area contributed by atoms with E-state index in [-0.39, 0.29) is 5.91 Å². The number of aliphatic carboxylic acids is 1. The Hall–Kier alpha value is -2.66. The third-order valence-corrected chi connectivity index (χ3v) is 3.59. The summed E-state index contributed by atoms with van der Waals surface area (Å²) in [7, 11) is 0. The van der Waals surface area contributed by atoms with Gasteiger partial charge in [0.25, 0.3) is 5.91 Å². The molecule has 0 radical (unpaired) electrons. The molecule has 0 saturated heterocycles. The van der Waals surface area contributed by atoms with Gasteiger partial charge in [-0.2, -0.15) is 18.3 Å². The molecule has 0 aliphatic carbocycles. The maximum absolute atomic E-state index is 11.8. The number of imidazole rings is 1. The number of amides is 1. The van der Waals surface area contributed by atoms with E-state index in [1.54, 1.807) is 24.4 Å².